The topological polar surface area (TPSA) is 93.3 Å². The van der Waals surface area contributed by atoms with Crippen LogP contribution < -0.4 is 0 Å². The number of aryl methyl sites for hydroxylation is 3. The average Bonchev–Trinajstić information content (AvgIpc) is 3.20. The highest BCUT2D eigenvalue weighted by Crippen LogP contribution is 2.36. The molecule has 0 unspecified atom stereocenters. The normalized spacial score (nSPS) is 16.3. The maximum absolute atomic E-state index is 13.1. The molecule has 0 saturated carbocycles. The number of piperazine rings is 1. The second kappa shape index (κ2) is 7.85. The summed E-state index contributed by atoms with van der Waals surface area (Å²) in [6.45, 7) is 3.91. The van der Waals surface area contributed by atoms with Gasteiger partial charge in [-0.2, -0.15) is 27.7 Å². The molecule has 0 N–H and O–H groups in total. The predicted molar refractivity (Wildman–Crippen MR) is 101 cm³/mol. The maximum Gasteiger partial charge on any atom is 0.434 e. The zero-order valence-corrected chi connectivity index (χ0v) is 18.0. The van der Waals surface area contributed by atoms with Crippen LogP contribution in [0.15, 0.2) is 11.1 Å². The number of aromatic nitrogens is 4. The molecule has 0 spiro atoms. The zero-order chi connectivity index (χ0) is 22.4. The smallest absolute Gasteiger partial charge is 0.335 e. The number of carbonyl (C=O) groups is 1. The largest absolute Gasteiger partial charge is 0.434 e. The number of halogens is 4. The molecule has 1 saturated heterocycles. The van der Waals surface area contributed by atoms with Crippen LogP contribution in [-0.2, 0) is 29.8 Å². The van der Waals surface area contributed by atoms with Crippen molar-refractivity contribution < 1.29 is 26.4 Å². The van der Waals surface area contributed by atoms with Gasteiger partial charge in [-0.3, -0.25) is 14.2 Å². The molecule has 2 aromatic heterocycles. The van der Waals surface area contributed by atoms with E-state index in [2.05, 4.69) is 10.2 Å². The summed E-state index contributed by atoms with van der Waals surface area (Å²) in [6, 6.07) is 0. The highest BCUT2D eigenvalue weighted by Gasteiger charge is 2.41. The quantitative estimate of drug-likeness (QED) is 0.681. The molecule has 1 aliphatic rings. The third-order valence-corrected chi connectivity index (χ3v) is 7.19. The molecule has 1 fully saturated rings. The number of hydrogen-bond donors (Lipinski definition) is 0. The van der Waals surface area contributed by atoms with E-state index in [9.17, 15) is 26.4 Å². The zero-order valence-electron chi connectivity index (χ0n) is 16.4. The minimum Gasteiger partial charge on any atom is -0.335 e. The lowest BCUT2D eigenvalue weighted by atomic mass is 10.2. The van der Waals surface area contributed by atoms with Crippen LogP contribution in [0, 0.1) is 6.92 Å². The Balaban J connectivity index is 1.76. The first-order chi connectivity index (χ1) is 13.9. The van der Waals surface area contributed by atoms with E-state index in [0.717, 1.165) is 7.05 Å². The van der Waals surface area contributed by atoms with Crippen LogP contribution in [0.3, 0.4) is 0 Å². The minimum atomic E-state index is -4.76. The third kappa shape index (κ3) is 3.93. The Hall–Kier alpha value is -2.12. The number of nitrogens with zero attached hydrogens (tertiary/aromatic N) is 6. The molecule has 1 aliphatic heterocycles. The molecule has 9 nitrogen and oxygen atoms in total. The number of rotatable bonds is 4. The molecule has 0 atom stereocenters. The van der Waals surface area contributed by atoms with Gasteiger partial charge in [0.05, 0.1) is 5.69 Å². The van der Waals surface area contributed by atoms with Crippen LogP contribution in [0.25, 0.3) is 0 Å². The minimum absolute atomic E-state index is 0.00667. The molecule has 3 heterocycles. The van der Waals surface area contributed by atoms with Gasteiger partial charge in [-0.1, -0.05) is 11.6 Å². The van der Waals surface area contributed by atoms with Gasteiger partial charge in [0.1, 0.15) is 9.92 Å². The van der Waals surface area contributed by atoms with Crippen molar-refractivity contribution in [3.05, 3.63) is 28.3 Å². The first-order valence-corrected chi connectivity index (χ1v) is 10.8. The van der Waals surface area contributed by atoms with Crippen molar-refractivity contribution in [1.29, 1.82) is 0 Å². The number of hydrogen-bond acceptors (Lipinski definition) is 5. The molecule has 3 rings (SSSR count). The highest BCUT2D eigenvalue weighted by atomic mass is 35.5. The van der Waals surface area contributed by atoms with Crippen LogP contribution in [0.4, 0.5) is 13.2 Å². The summed E-state index contributed by atoms with van der Waals surface area (Å²) in [4.78, 5) is 14.0. The molecular weight excluding hydrogens is 449 g/mol. The molecule has 0 aliphatic carbocycles. The Morgan fingerprint density at radius 3 is 2.27 bits per heavy atom. The van der Waals surface area contributed by atoms with Gasteiger partial charge >= 0.3 is 6.18 Å². The van der Waals surface area contributed by atoms with Crippen molar-refractivity contribution in [1.82, 2.24) is 28.8 Å². The maximum atomic E-state index is 13.1. The summed E-state index contributed by atoms with van der Waals surface area (Å²) in [6.07, 6.45) is -3.31. The first kappa shape index (κ1) is 22.6. The summed E-state index contributed by atoms with van der Waals surface area (Å²) >= 11 is 5.78. The fraction of sp³-hybridized carbons (Fsp3) is 0.562. The predicted octanol–water partition coefficient (Wildman–Crippen LogP) is 1.76. The molecule has 0 bridgehead atoms. The average molecular weight is 469 g/mol. The third-order valence-electron chi connectivity index (χ3n) is 4.83. The van der Waals surface area contributed by atoms with Gasteiger partial charge in [-0.25, -0.2) is 8.42 Å². The van der Waals surface area contributed by atoms with Crippen molar-refractivity contribution in [3.63, 3.8) is 0 Å². The van der Waals surface area contributed by atoms with Gasteiger partial charge in [0, 0.05) is 46.0 Å². The van der Waals surface area contributed by atoms with Gasteiger partial charge < -0.3 is 4.90 Å². The molecule has 2 aromatic rings. The summed E-state index contributed by atoms with van der Waals surface area (Å²) in [5, 5.41) is 6.99. The molecule has 166 valence electrons. The number of sulfonamides is 1. The van der Waals surface area contributed by atoms with Crippen molar-refractivity contribution >= 4 is 27.5 Å². The lowest BCUT2D eigenvalue weighted by molar-refractivity contribution is -0.143. The van der Waals surface area contributed by atoms with Gasteiger partial charge in [0.25, 0.3) is 5.91 Å². The number of alkyl halides is 3. The Morgan fingerprint density at radius 2 is 1.80 bits per heavy atom. The van der Waals surface area contributed by atoms with Crippen LogP contribution in [0.1, 0.15) is 28.8 Å². The fourth-order valence-electron chi connectivity index (χ4n) is 3.28. The molecule has 0 radical (unpaired) electrons. The fourth-order valence-corrected chi connectivity index (χ4v) is 5.22. The lowest BCUT2D eigenvalue weighted by Gasteiger charge is -2.33. The molecule has 30 heavy (non-hydrogen) atoms. The summed E-state index contributed by atoms with van der Waals surface area (Å²) in [5.41, 5.74) is -1.35. The first-order valence-electron chi connectivity index (χ1n) is 9.01. The van der Waals surface area contributed by atoms with Gasteiger partial charge in [-0.15, -0.1) is 0 Å². The van der Waals surface area contributed by atoms with E-state index >= 15 is 0 Å². The van der Waals surface area contributed by atoms with Crippen LogP contribution in [-0.4, -0.2) is 69.3 Å². The van der Waals surface area contributed by atoms with Crippen molar-refractivity contribution in [2.24, 2.45) is 7.05 Å². The standard InChI is InChI=1S/C16H20ClF3N6O3S/c1-4-25-9-11(10(2)21-25)30(28,29)26-7-5-24(6-8-26)15(27)13-12(17)14(16(18,19)20)23(3)22-13/h9H,4-8H2,1-3H3. The van der Waals surface area contributed by atoms with Crippen LogP contribution in [0.2, 0.25) is 5.02 Å². The van der Waals surface area contributed by atoms with Crippen molar-refractivity contribution in [2.75, 3.05) is 26.2 Å². The van der Waals surface area contributed by atoms with Gasteiger partial charge in [0.15, 0.2) is 11.4 Å². The number of amides is 1. The van der Waals surface area contributed by atoms with E-state index in [1.54, 1.807) is 6.92 Å². The van der Waals surface area contributed by atoms with Gasteiger partial charge in [0.2, 0.25) is 10.0 Å². The van der Waals surface area contributed by atoms with Crippen LogP contribution >= 0.6 is 11.6 Å². The number of carbonyl (C=O) groups excluding carboxylic acids is 1. The molecule has 14 heteroatoms. The second-order valence-corrected chi connectivity index (χ2v) is 9.05. The van der Waals surface area contributed by atoms with E-state index in [-0.39, 0.29) is 31.1 Å². The lowest BCUT2D eigenvalue weighted by Crippen LogP contribution is -2.50. The summed E-state index contributed by atoms with van der Waals surface area (Å²) in [7, 11) is -2.76. The SMILES string of the molecule is CCn1cc(S(=O)(=O)N2CCN(C(=O)c3nn(C)c(C(F)(F)F)c3Cl)CC2)c(C)n1. The summed E-state index contributed by atoms with van der Waals surface area (Å²) < 4.78 is 68.3. The van der Waals surface area contributed by atoms with E-state index in [0.29, 0.717) is 16.9 Å². The molecular formula is C16H20ClF3N6O3S. The van der Waals surface area contributed by atoms with Gasteiger partial charge in [-0.05, 0) is 13.8 Å². The molecule has 1 amide bonds. The van der Waals surface area contributed by atoms with E-state index in [4.69, 9.17) is 11.6 Å². The Kier molecular flexibility index (Phi) is 5.91. The Bertz CT molecular complexity index is 1070. The Morgan fingerprint density at radius 1 is 1.20 bits per heavy atom. The van der Waals surface area contributed by atoms with Crippen molar-refractivity contribution in [3.8, 4) is 0 Å². The summed E-state index contributed by atoms with van der Waals surface area (Å²) in [5.74, 6) is -0.780. The van der Waals surface area contributed by atoms with E-state index < -0.39 is 38.5 Å². The molecule has 0 aromatic carbocycles. The second-order valence-electron chi connectivity index (χ2n) is 6.76. The monoisotopic (exact) mass is 468 g/mol. The van der Waals surface area contributed by atoms with Crippen molar-refractivity contribution in [2.45, 2.75) is 31.5 Å². The van der Waals surface area contributed by atoms with Crippen LogP contribution in [0.5, 0.6) is 0 Å². The Labute approximate surface area is 176 Å². The van der Waals surface area contributed by atoms with E-state index in [1.807, 2.05) is 6.92 Å². The highest BCUT2D eigenvalue weighted by molar-refractivity contribution is 7.89. The van der Waals surface area contributed by atoms with E-state index in [1.165, 1.54) is 20.1 Å².